The van der Waals surface area contributed by atoms with Crippen molar-refractivity contribution in [3.8, 4) is 5.75 Å². The van der Waals surface area contributed by atoms with Gasteiger partial charge < -0.3 is 15.3 Å². The number of fused-ring (bicyclic) bond motifs is 1. The monoisotopic (exact) mass is 260 g/mol. The van der Waals surface area contributed by atoms with Crippen LogP contribution >= 0.6 is 0 Å². The second-order valence-corrected chi connectivity index (χ2v) is 5.83. The zero-order valence-electron chi connectivity index (χ0n) is 11.4. The topological polar surface area (TPSA) is 52.6 Å². The van der Waals surface area contributed by atoms with Crippen LogP contribution < -0.4 is 10.2 Å². The van der Waals surface area contributed by atoms with E-state index in [9.17, 15) is 9.90 Å². The van der Waals surface area contributed by atoms with Gasteiger partial charge in [0, 0.05) is 6.04 Å². The lowest BCUT2D eigenvalue weighted by Gasteiger charge is -2.48. The van der Waals surface area contributed by atoms with Crippen LogP contribution in [0.4, 0.5) is 11.4 Å². The molecule has 4 heteroatoms. The second kappa shape index (κ2) is 4.15. The van der Waals surface area contributed by atoms with Gasteiger partial charge in [0.1, 0.15) is 17.0 Å². The average Bonchev–Trinajstić information content (AvgIpc) is 2.82. The standard InChI is InChI=1S/C15H20N2O2/c1-10(2)17-13-11(6-5-7-12(13)18)16-14(19)15(17)8-3-4-9-15/h5-7,10,18H,3-4,8-9H2,1-2H3,(H,16,19). The van der Waals surface area contributed by atoms with E-state index >= 15 is 0 Å². The van der Waals surface area contributed by atoms with Gasteiger partial charge in [0.05, 0.1) is 5.69 Å². The fourth-order valence-electron chi connectivity index (χ4n) is 3.63. The lowest BCUT2D eigenvalue weighted by atomic mass is 9.88. The van der Waals surface area contributed by atoms with E-state index in [2.05, 4.69) is 24.1 Å². The summed E-state index contributed by atoms with van der Waals surface area (Å²) in [7, 11) is 0. The third-order valence-electron chi connectivity index (χ3n) is 4.33. The van der Waals surface area contributed by atoms with Crippen LogP contribution in [0, 0.1) is 0 Å². The predicted octanol–water partition coefficient (Wildman–Crippen LogP) is 2.87. The van der Waals surface area contributed by atoms with Crippen molar-refractivity contribution in [2.24, 2.45) is 0 Å². The largest absolute Gasteiger partial charge is 0.506 e. The summed E-state index contributed by atoms with van der Waals surface area (Å²) in [6, 6.07) is 5.48. The summed E-state index contributed by atoms with van der Waals surface area (Å²) in [5, 5.41) is 13.2. The number of phenolic OH excluding ortho intramolecular Hbond substituents is 1. The second-order valence-electron chi connectivity index (χ2n) is 5.83. The number of amides is 1. The molecule has 1 heterocycles. The van der Waals surface area contributed by atoms with E-state index in [1.54, 1.807) is 12.1 Å². The maximum atomic E-state index is 12.6. The van der Waals surface area contributed by atoms with Crippen LogP contribution in [0.5, 0.6) is 5.75 Å². The molecule has 0 unspecified atom stereocenters. The molecule has 0 radical (unpaired) electrons. The minimum atomic E-state index is -0.472. The number of benzene rings is 1. The Morgan fingerprint density at radius 2 is 2.00 bits per heavy atom. The molecular weight excluding hydrogens is 240 g/mol. The molecule has 1 aromatic carbocycles. The lowest BCUT2D eigenvalue weighted by molar-refractivity contribution is -0.121. The van der Waals surface area contributed by atoms with Crippen molar-refractivity contribution >= 4 is 17.3 Å². The van der Waals surface area contributed by atoms with Gasteiger partial charge in [-0.05, 0) is 38.8 Å². The quantitative estimate of drug-likeness (QED) is 0.816. The minimum absolute atomic E-state index is 0.0804. The molecule has 19 heavy (non-hydrogen) atoms. The average molecular weight is 260 g/mol. The van der Waals surface area contributed by atoms with Crippen LogP contribution in [-0.4, -0.2) is 22.6 Å². The SMILES string of the molecule is CC(C)N1c2c(O)cccc2NC(=O)C12CCCC2. The third-order valence-corrected chi connectivity index (χ3v) is 4.33. The molecular formula is C15H20N2O2. The van der Waals surface area contributed by atoms with Crippen molar-refractivity contribution < 1.29 is 9.90 Å². The van der Waals surface area contributed by atoms with Gasteiger partial charge >= 0.3 is 0 Å². The smallest absolute Gasteiger partial charge is 0.250 e. The zero-order valence-corrected chi connectivity index (χ0v) is 11.4. The highest BCUT2D eigenvalue weighted by Gasteiger charge is 2.51. The van der Waals surface area contributed by atoms with Gasteiger partial charge in [-0.3, -0.25) is 4.79 Å². The molecule has 1 aromatic rings. The molecule has 1 aliphatic heterocycles. The molecule has 0 saturated heterocycles. The Balaban J connectivity index is 2.20. The first-order valence-corrected chi connectivity index (χ1v) is 6.99. The van der Waals surface area contributed by atoms with E-state index in [0.717, 1.165) is 37.1 Å². The molecule has 1 saturated carbocycles. The Kier molecular flexibility index (Phi) is 2.69. The molecule has 2 N–H and O–H groups in total. The number of nitrogens with zero attached hydrogens (tertiary/aromatic N) is 1. The van der Waals surface area contributed by atoms with Crippen molar-refractivity contribution in [2.75, 3.05) is 10.2 Å². The fourth-order valence-corrected chi connectivity index (χ4v) is 3.63. The number of hydrogen-bond acceptors (Lipinski definition) is 3. The highest BCUT2D eigenvalue weighted by molar-refractivity contribution is 6.08. The zero-order chi connectivity index (χ0) is 13.6. The van der Waals surface area contributed by atoms with E-state index in [1.165, 1.54) is 0 Å². The lowest BCUT2D eigenvalue weighted by Crippen LogP contribution is -2.60. The molecule has 1 spiro atoms. The van der Waals surface area contributed by atoms with Gasteiger partial charge in [-0.1, -0.05) is 18.9 Å². The van der Waals surface area contributed by atoms with Crippen molar-refractivity contribution in [1.82, 2.24) is 0 Å². The van der Waals surface area contributed by atoms with Crippen LogP contribution in [0.1, 0.15) is 39.5 Å². The van der Waals surface area contributed by atoms with E-state index in [-0.39, 0.29) is 17.7 Å². The number of nitrogens with one attached hydrogen (secondary N) is 1. The Hall–Kier alpha value is -1.71. The Labute approximate surface area is 113 Å². The Morgan fingerprint density at radius 3 is 2.63 bits per heavy atom. The fraction of sp³-hybridized carbons (Fsp3) is 0.533. The molecule has 0 bridgehead atoms. The highest BCUT2D eigenvalue weighted by atomic mass is 16.3. The number of phenols is 1. The molecule has 1 fully saturated rings. The summed E-state index contributed by atoms with van der Waals surface area (Å²) in [6.45, 7) is 4.16. The maximum absolute atomic E-state index is 12.6. The molecule has 4 nitrogen and oxygen atoms in total. The van der Waals surface area contributed by atoms with Gasteiger partial charge in [-0.2, -0.15) is 0 Å². The van der Waals surface area contributed by atoms with Gasteiger partial charge in [0.25, 0.3) is 0 Å². The highest BCUT2D eigenvalue weighted by Crippen LogP contribution is 2.49. The van der Waals surface area contributed by atoms with Gasteiger partial charge in [-0.25, -0.2) is 0 Å². The molecule has 1 amide bonds. The summed E-state index contributed by atoms with van der Waals surface area (Å²) in [4.78, 5) is 14.7. The van der Waals surface area contributed by atoms with E-state index in [0.29, 0.717) is 0 Å². The third kappa shape index (κ3) is 1.62. The molecule has 0 aromatic heterocycles. The Bertz CT molecular complexity index is 519. The van der Waals surface area contributed by atoms with Gasteiger partial charge in [-0.15, -0.1) is 0 Å². The van der Waals surface area contributed by atoms with E-state index < -0.39 is 5.54 Å². The molecule has 2 aliphatic rings. The summed E-state index contributed by atoms with van der Waals surface area (Å²) in [5.74, 6) is 0.328. The number of carbonyl (C=O) groups is 1. The van der Waals surface area contributed by atoms with Crippen molar-refractivity contribution in [2.45, 2.75) is 51.1 Å². The normalized spacial score (nSPS) is 20.8. The van der Waals surface area contributed by atoms with E-state index in [1.807, 2.05) is 6.07 Å². The van der Waals surface area contributed by atoms with Gasteiger partial charge in [0.2, 0.25) is 5.91 Å². The van der Waals surface area contributed by atoms with Crippen molar-refractivity contribution in [3.05, 3.63) is 18.2 Å². The predicted molar refractivity (Wildman–Crippen MR) is 75.6 cm³/mol. The minimum Gasteiger partial charge on any atom is -0.506 e. The summed E-state index contributed by atoms with van der Waals surface area (Å²) in [5.41, 5.74) is 1.02. The number of para-hydroxylation sites is 1. The summed E-state index contributed by atoms with van der Waals surface area (Å²) >= 11 is 0. The number of carbonyl (C=O) groups excluding carboxylic acids is 1. The Morgan fingerprint density at radius 1 is 1.32 bits per heavy atom. The number of rotatable bonds is 1. The summed E-state index contributed by atoms with van der Waals surface area (Å²) in [6.07, 6.45) is 3.87. The summed E-state index contributed by atoms with van der Waals surface area (Å²) < 4.78 is 0. The first-order chi connectivity index (χ1) is 9.06. The number of anilines is 2. The van der Waals surface area contributed by atoms with Crippen LogP contribution in [0.2, 0.25) is 0 Å². The van der Waals surface area contributed by atoms with Crippen molar-refractivity contribution in [1.29, 1.82) is 0 Å². The van der Waals surface area contributed by atoms with E-state index in [4.69, 9.17) is 0 Å². The van der Waals surface area contributed by atoms with Crippen LogP contribution in [0.3, 0.4) is 0 Å². The van der Waals surface area contributed by atoms with Crippen LogP contribution in [0.15, 0.2) is 18.2 Å². The van der Waals surface area contributed by atoms with Gasteiger partial charge in [0.15, 0.2) is 0 Å². The first kappa shape index (κ1) is 12.3. The maximum Gasteiger partial charge on any atom is 0.250 e. The number of aromatic hydroxyl groups is 1. The van der Waals surface area contributed by atoms with Crippen LogP contribution in [0.25, 0.3) is 0 Å². The van der Waals surface area contributed by atoms with Crippen molar-refractivity contribution in [3.63, 3.8) is 0 Å². The van der Waals surface area contributed by atoms with Crippen LogP contribution in [-0.2, 0) is 4.79 Å². The molecule has 102 valence electrons. The molecule has 3 rings (SSSR count). The molecule has 0 atom stereocenters. The molecule has 1 aliphatic carbocycles. The first-order valence-electron chi connectivity index (χ1n) is 6.99. The number of hydrogen-bond donors (Lipinski definition) is 2.